The maximum absolute atomic E-state index is 11.1. The minimum atomic E-state index is 0.451. The zero-order valence-corrected chi connectivity index (χ0v) is 18.9. The van der Waals surface area contributed by atoms with Crippen molar-refractivity contribution in [1.82, 2.24) is 4.90 Å². The third-order valence-electron chi connectivity index (χ3n) is 7.32. The average molecular weight is 405 g/mol. The fourth-order valence-corrected chi connectivity index (χ4v) is 5.58. The third kappa shape index (κ3) is 4.46. The quantitative estimate of drug-likeness (QED) is 0.567. The van der Waals surface area contributed by atoms with Crippen molar-refractivity contribution in [2.45, 2.75) is 64.8 Å². The minimum Gasteiger partial charge on any atom is -0.369 e. The largest absolute Gasteiger partial charge is 0.369 e. The van der Waals surface area contributed by atoms with Gasteiger partial charge in [0.1, 0.15) is 6.29 Å². The van der Waals surface area contributed by atoms with Crippen molar-refractivity contribution in [2.24, 2.45) is 0 Å². The summed E-state index contributed by atoms with van der Waals surface area (Å²) in [6.45, 7) is 10.8. The first-order valence-corrected chi connectivity index (χ1v) is 11.7. The van der Waals surface area contributed by atoms with Gasteiger partial charge in [0.05, 0.1) is 0 Å². The van der Waals surface area contributed by atoms with Crippen LogP contribution in [-0.2, 0) is 0 Å². The normalized spacial score (nSPS) is 19.6. The van der Waals surface area contributed by atoms with Gasteiger partial charge in [-0.15, -0.1) is 0 Å². The van der Waals surface area contributed by atoms with Gasteiger partial charge in [-0.3, -0.25) is 9.69 Å². The molecule has 1 aliphatic heterocycles. The topological polar surface area (TPSA) is 23.6 Å². The van der Waals surface area contributed by atoms with E-state index in [-0.39, 0.29) is 0 Å². The van der Waals surface area contributed by atoms with E-state index in [2.05, 4.69) is 54.8 Å². The second-order valence-electron chi connectivity index (χ2n) is 9.32. The van der Waals surface area contributed by atoms with Gasteiger partial charge in [0, 0.05) is 43.5 Å². The zero-order valence-electron chi connectivity index (χ0n) is 18.9. The average Bonchev–Trinajstić information content (AvgIpc) is 2.79. The Bertz CT molecular complexity index is 836. The van der Waals surface area contributed by atoms with Crippen molar-refractivity contribution in [2.75, 3.05) is 31.1 Å². The first-order valence-electron chi connectivity index (χ1n) is 11.7. The SMILES string of the molecule is Cc1cc(C=O)cc(C)c1N1CCN([C@H](C)c2ccc(C3CCCCC3)cc2)CC1. The molecular formula is C27H36N2O. The molecule has 0 radical (unpaired) electrons. The van der Waals surface area contributed by atoms with Crippen LogP contribution in [0.3, 0.4) is 0 Å². The third-order valence-corrected chi connectivity index (χ3v) is 7.32. The van der Waals surface area contributed by atoms with Crippen LogP contribution in [0.25, 0.3) is 0 Å². The first kappa shape index (κ1) is 21.1. The summed E-state index contributed by atoms with van der Waals surface area (Å²) in [5.74, 6) is 0.781. The number of carbonyl (C=O) groups excluding carboxylic acids is 1. The Morgan fingerprint density at radius 3 is 2.07 bits per heavy atom. The second-order valence-corrected chi connectivity index (χ2v) is 9.32. The highest BCUT2D eigenvalue weighted by Gasteiger charge is 2.24. The molecule has 1 atom stereocenters. The molecule has 30 heavy (non-hydrogen) atoms. The lowest BCUT2D eigenvalue weighted by Gasteiger charge is -2.40. The van der Waals surface area contributed by atoms with Crippen LogP contribution in [0, 0.1) is 13.8 Å². The number of anilines is 1. The number of benzene rings is 2. The van der Waals surface area contributed by atoms with Crippen LogP contribution in [0.1, 0.15) is 83.6 Å². The minimum absolute atomic E-state index is 0.451. The lowest BCUT2D eigenvalue weighted by Crippen LogP contribution is -2.47. The van der Waals surface area contributed by atoms with Crippen LogP contribution < -0.4 is 4.90 Å². The predicted molar refractivity (Wildman–Crippen MR) is 126 cm³/mol. The Hall–Kier alpha value is -2.13. The van der Waals surface area contributed by atoms with Crippen molar-refractivity contribution >= 4 is 12.0 Å². The number of aryl methyl sites for hydroxylation is 2. The highest BCUT2D eigenvalue weighted by molar-refractivity contribution is 5.78. The van der Waals surface area contributed by atoms with Crippen molar-refractivity contribution in [3.63, 3.8) is 0 Å². The summed E-state index contributed by atoms with van der Waals surface area (Å²) in [5.41, 5.74) is 7.47. The summed E-state index contributed by atoms with van der Waals surface area (Å²) in [4.78, 5) is 16.2. The lowest BCUT2D eigenvalue weighted by molar-refractivity contribution is 0.112. The van der Waals surface area contributed by atoms with Crippen LogP contribution in [0.2, 0.25) is 0 Å². The summed E-state index contributed by atoms with van der Waals surface area (Å²) < 4.78 is 0. The Labute approximate surface area is 182 Å². The van der Waals surface area contributed by atoms with Gasteiger partial charge in [-0.1, -0.05) is 43.5 Å². The van der Waals surface area contributed by atoms with E-state index in [4.69, 9.17) is 0 Å². The molecule has 1 aliphatic carbocycles. The highest BCUT2D eigenvalue weighted by Crippen LogP contribution is 2.34. The van der Waals surface area contributed by atoms with Crippen molar-refractivity contribution in [3.05, 3.63) is 64.2 Å². The van der Waals surface area contributed by atoms with Gasteiger partial charge in [0.2, 0.25) is 0 Å². The standard InChI is InChI=1S/C27H36N2O/c1-20-17-23(19-30)18-21(2)27(20)29-15-13-28(14-16-29)22(3)24-9-11-26(12-10-24)25-7-5-4-6-8-25/h9-12,17-19,22,25H,4-8,13-16H2,1-3H3/t22-/m1/s1. The Morgan fingerprint density at radius 1 is 0.900 bits per heavy atom. The molecule has 0 amide bonds. The van der Waals surface area contributed by atoms with Crippen molar-refractivity contribution in [1.29, 1.82) is 0 Å². The molecule has 1 heterocycles. The number of hydrogen-bond donors (Lipinski definition) is 0. The number of carbonyl (C=O) groups is 1. The van der Waals surface area contributed by atoms with Gasteiger partial charge in [-0.05, 0) is 73.9 Å². The molecule has 1 saturated carbocycles. The summed E-state index contributed by atoms with van der Waals surface area (Å²) in [6, 6.07) is 14.0. The van der Waals surface area contributed by atoms with Crippen LogP contribution >= 0.6 is 0 Å². The van der Waals surface area contributed by atoms with Gasteiger partial charge < -0.3 is 4.90 Å². The van der Waals surface area contributed by atoms with Crippen LogP contribution in [0.15, 0.2) is 36.4 Å². The molecule has 2 aromatic carbocycles. The van der Waals surface area contributed by atoms with E-state index in [0.717, 1.165) is 43.9 Å². The van der Waals surface area contributed by atoms with E-state index in [1.165, 1.54) is 54.5 Å². The highest BCUT2D eigenvalue weighted by atomic mass is 16.1. The smallest absolute Gasteiger partial charge is 0.150 e. The molecule has 3 nitrogen and oxygen atoms in total. The summed E-state index contributed by atoms with van der Waals surface area (Å²) in [6.07, 6.45) is 7.88. The number of piperazine rings is 1. The molecule has 0 bridgehead atoms. The van der Waals surface area contributed by atoms with Crippen LogP contribution in [-0.4, -0.2) is 37.4 Å². The molecule has 3 heteroatoms. The number of nitrogens with zero attached hydrogens (tertiary/aromatic N) is 2. The van der Waals surface area contributed by atoms with Gasteiger partial charge >= 0.3 is 0 Å². The van der Waals surface area contributed by atoms with Crippen molar-refractivity contribution in [3.8, 4) is 0 Å². The van der Waals surface area contributed by atoms with E-state index in [1.54, 1.807) is 5.56 Å². The molecule has 0 aromatic heterocycles. The first-order chi connectivity index (χ1) is 14.6. The lowest BCUT2D eigenvalue weighted by atomic mass is 9.83. The molecule has 2 fully saturated rings. The molecule has 2 aromatic rings. The van der Waals surface area contributed by atoms with Crippen LogP contribution in [0.4, 0.5) is 5.69 Å². The molecule has 0 N–H and O–H groups in total. The zero-order chi connectivity index (χ0) is 21.1. The molecule has 2 aliphatic rings. The van der Waals surface area contributed by atoms with E-state index >= 15 is 0 Å². The fourth-order valence-electron chi connectivity index (χ4n) is 5.58. The molecule has 0 unspecified atom stereocenters. The predicted octanol–water partition coefficient (Wildman–Crippen LogP) is 6.05. The van der Waals surface area contributed by atoms with Gasteiger partial charge in [-0.2, -0.15) is 0 Å². The summed E-state index contributed by atoms with van der Waals surface area (Å²) in [5, 5.41) is 0. The molecular weight excluding hydrogens is 368 g/mol. The second kappa shape index (κ2) is 9.34. The van der Waals surface area contributed by atoms with E-state index in [0.29, 0.717) is 6.04 Å². The number of rotatable bonds is 5. The Morgan fingerprint density at radius 2 is 1.50 bits per heavy atom. The molecule has 0 spiro atoms. The summed E-state index contributed by atoms with van der Waals surface area (Å²) in [7, 11) is 0. The van der Waals surface area contributed by atoms with E-state index in [9.17, 15) is 4.79 Å². The van der Waals surface area contributed by atoms with Gasteiger partial charge in [0.15, 0.2) is 0 Å². The van der Waals surface area contributed by atoms with Crippen molar-refractivity contribution < 1.29 is 4.79 Å². The maximum Gasteiger partial charge on any atom is 0.150 e. The molecule has 4 rings (SSSR count). The monoisotopic (exact) mass is 404 g/mol. The Kier molecular flexibility index (Phi) is 6.58. The number of hydrogen-bond acceptors (Lipinski definition) is 3. The molecule has 1 saturated heterocycles. The summed E-state index contributed by atoms with van der Waals surface area (Å²) >= 11 is 0. The van der Waals surface area contributed by atoms with E-state index < -0.39 is 0 Å². The maximum atomic E-state index is 11.1. The van der Waals surface area contributed by atoms with Gasteiger partial charge in [-0.25, -0.2) is 0 Å². The number of aldehydes is 1. The Balaban J connectivity index is 1.38. The van der Waals surface area contributed by atoms with Gasteiger partial charge in [0.25, 0.3) is 0 Å². The van der Waals surface area contributed by atoms with E-state index in [1.807, 2.05) is 12.1 Å². The fraction of sp³-hybridized carbons (Fsp3) is 0.519. The molecule has 160 valence electrons. The van der Waals surface area contributed by atoms with Crippen LogP contribution in [0.5, 0.6) is 0 Å².